The number of anilines is 1. The third-order valence-corrected chi connectivity index (χ3v) is 2.97. The maximum atomic E-state index is 12.8. The Balaban J connectivity index is 2.21. The first-order chi connectivity index (χ1) is 9.06. The van der Waals surface area contributed by atoms with Gasteiger partial charge in [0, 0.05) is 11.8 Å². The fourth-order valence-corrected chi connectivity index (χ4v) is 1.95. The Morgan fingerprint density at radius 3 is 2.95 bits per heavy atom. The van der Waals surface area contributed by atoms with Crippen LogP contribution in [0.15, 0.2) is 29.0 Å². The van der Waals surface area contributed by atoms with Crippen LogP contribution in [0.4, 0.5) is 10.2 Å². The third kappa shape index (κ3) is 2.65. The van der Waals surface area contributed by atoms with Gasteiger partial charge in [0.05, 0.1) is 19.5 Å². The van der Waals surface area contributed by atoms with Crippen LogP contribution < -0.4 is 11.4 Å². The summed E-state index contributed by atoms with van der Waals surface area (Å²) in [5.41, 5.74) is 4.75. The van der Waals surface area contributed by atoms with Gasteiger partial charge in [-0.1, -0.05) is 0 Å². The minimum absolute atomic E-state index is 0.0113. The van der Waals surface area contributed by atoms with Crippen molar-refractivity contribution in [3.63, 3.8) is 0 Å². The number of nitrogen functional groups attached to an aromatic ring is 1. The zero-order chi connectivity index (χ0) is 14.0. The van der Waals surface area contributed by atoms with Gasteiger partial charge in [-0.2, -0.15) is 4.98 Å². The highest BCUT2D eigenvalue weighted by atomic mass is 19.1. The lowest BCUT2D eigenvalue weighted by Gasteiger charge is -2.13. The predicted molar refractivity (Wildman–Crippen MR) is 63.9 cm³/mol. The van der Waals surface area contributed by atoms with Crippen molar-refractivity contribution in [1.82, 2.24) is 9.55 Å². The van der Waals surface area contributed by atoms with Gasteiger partial charge >= 0.3 is 5.69 Å². The predicted octanol–water partition coefficient (Wildman–Crippen LogP) is -1.20. The molecule has 2 rings (SSSR count). The number of aliphatic hydroxyl groups is 2. The summed E-state index contributed by atoms with van der Waals surface area (Å²) < 4.78 is 19.2. The van der Waals surface area contributed by atoms with Crippen LogP contribution in [0.5, 0.6) is 0 Å². The van der Waals surface area contributed by atoms with E-state index in [1.807, 2.05) is 0 Å². The van der Waals surface area contributed by atoms with Gasteiger partial charge in [0.1, 0.15) is 24.1 Å². The van der Waals surface area contributed by atoms with Crippen LogP contribution in [0, 0.1) is 0 Å². The molecule has 0 bridgehead atoms. The Labute approximate surface area is 107 Å². The fourth-order valence-electron chi connectivity index (χ4n) is 1.95. The summed E-state index contributed by atoms with van der Waals surface area (Å²) in [6, 6.07) is 1.43. The molecular formula is C11H14FN3O4. The van der Waals surface area contributed by atoms with E-state index in [4.69, 9.17) is 15.6 Å². The summed E-state index contributed by atoms with van der Waals surface area (Å²) in [6.45, 7) is -0.459. The maximum absolute atomic E-state index is 12.8. The lowest BCUT2D eigenvalue weighted by Crippen LogP contribution is -2.29. The minimum atomic E-state index is -1.22. The molecule has 1 aliphatic rings. The first kappa shape index (κ1) is 13.7. The van der Waals surface area contributed by atoms with Gasteiger partial charge in [0.25, 0.3) is 0 Å². The normalized spacial score (nSPS) is 29.0. The monoisotopic (exact) mass is 271 g/mol. The molecule has 3 atom stereocenters. The number of rotatable bonds is 3. The van der Waals surface area contributed by atoms with Crippen molar-refractivity contribution in [1.29, 1.82) is 0 Å². The summed E-state index contributed by atoms with van der Waals surface area (Å²) in [7, 11) is 0. The fraction of sp³-hybridized carbons (Fsp3) is 0.455. The molecule has 1 aromatic heterocycles. The van der Waals surface area contributed by atoms with E-state index < -0.39 is 30.6 Å². The van der Waals surface area contributed by atoms with Gasteiger partial charge < -0.3 is 20.7 Å². The zero-order valence-electron chi connectivity index (χ0n) is 9.94. The average molecular weight is 271 g/mol. The largest absolute Gasteiger partial charge is 0.394 e. The standard InChI is InChI=1S/C11H14FN3O4/c12-3-6-7(19-8(5-16)10(6)17)4-15-2-1-9(13)14-11(15)18/h1-3,7-8,10,16-17H,4-5H2,(H2,13,14,18)/b6-3-/t7-,8+,10-/m0/s1. The molecule has 0 amide bonds. The molecule has 2 heterocycles. The Morgan fingerprint density at radius 2 is 2.37 bits per heavy atom. The highest BCUT2D eigenvalue weighted by molar-refractivity contribution is 5.24. The number of ether oxygens (including phenoxy) is 1. The van der Waals surface area contributed by atoms with Crippen LogP contribution in [0.2, 0.25) is 0 Å². The Morgan fingerprint density at radius 1 is 1.63 bits per heavy atom. The van der Waals surface area contributed by atoms with Crippen LogP contribution in [-0.4, -0.2) is 44.7 Å². The molecule has 0 aliphatic carbocycles. The van der Waals surface area contributed by atoms with Crippen LogP contribution in [0.1, 0.15) is 0 Å². The van der Waals surface area contributed by atoms with E-state index in [1.165, 1.54) is 16.8 Å². The smallest absolute Gasteiger partial charge is 0.349 e. The van der Waals surface area contributed by atoms with Gasteiger partial charge in [-0.15, -0.1) is 0 Å². The van der Waals surface area contributed by atoms with Gasteiger partial charge in [0.15, 0.2) is 0 Å². The van der Waals surface area contributed by atoms with Crippen LogP contribution in [0.3, 0.4) is 0 Å². The molecule has 4 N–H and O–H groups in total. The second-order valence-corrected chi connectivity index (χ2v) is 4.19. The number of nitrogens with zero attached hydrogens (tertiary/aromatic N) is 2. The molecular weight excluding hydrogens is 257 g/mol. The summed E-state index contributed by atoms with van der Waals surface area (Å²) >= 11 is 0. The van der Waals surface area contributed by atoms with Crippen molar-refractivity contribution >= 4 is 5.82 Å². The van der Waals surface area contributed by atoms with E-state index in [-0.39, 0.29) is 24.3 Å². The van der Waals surface area contributed by atoms with E-state index in [2.05, 4.69) is 4.98 Å². The molecule has 1 aromatic rings. The van der Waals surface area contributed by atoms with E-state index in [9.17, 15) is 14.3 Å². The minimum Gasteiger partial charge on any atom is -0.394 e. The molecule has 0 radical (unpaired) electrons. The van der Waals surface area contributed by atoms with Gasteiger partial charge in [-0.05, 0) is 6.07 Å². The highest BCUT2D eigenvalue weighted by Crippen LogP contribution is 2.27. The van der Waals surface area contributed by atoms with Gasteiger partial charge in [-0.25, -0.2) is 9.18 Å². The second kappa shape index (κ2) is 5.47. The van der Waals surface area contributed by atoms with Crippen LogP contribution in [-0.2, 0) is 11.3 Å². The quantitative estimate of drug-likeness (QED) is 0.637. The molecule has 0 aromatic carbocycles. The number of aliphatic hydroxyl groups excluding tert-OH is 2. The maximum Gasteiger partial charge on any atom is 0.349 e. The molecule has 104 valence electrons. The SMILES string of the molecule is Nc1ccn(C[C@@H]2O[C@H](CO)[C@@H](O)/C2=C\F)c(=O)n1. The zero-order valence-corrected chi connectivity index (χ0v) is 9.94. The average Bonchev–Trinajstić information content (AvgIpc) is 2.68. The molecule has 19 heavy (non-hydrogen) atoms. The third-order valence-electron chi connectivity index (χ3n) is 2.97. The summed E-state index contributed by atoms with van der Waals surface area (Å²) in [4.78, 5) is 15.1. The number of hydrogen-bond acceptors (Lipinski definition) is 6. The van der Waals surface area contributed by atoms with Crippen molar-refractivity contribution in [3.8, 4) is 0 Å². The van der Waals surface area contributed by atoms with E-state index in [0.29, 0.717) is 0 Å². The molecule has 0 unspecified atom stereocenters. The van der Waals surface area contributed by atoms with Crippen molar-refractivity contribution in [2.75, 3.05) is 12.3 Å². The van der Waals surface area contributed by atoms with Crippen LogP contribution in [0.25, 0.3) is 0 Å². The topological polar surface area (TPSA) is 111 Å². The van der Waals surface area contributed by atoms with Crippen molar-refractivity contribution in [2.45, 2.75) is 24.9 Å². The molecule has 1 saturated heterocycles. The molecule has 1 fully saturated rings. The lowest BCUT2D eigenvalue weighted by molar-refractivity contribution is -0.0259. The summed E-state index contributed by atoms with van der Waals surface area (Å²) in [5, 5.41) is 18.7. The van der Waals surface area contributed by atoms with E-state index in [1.54, 1.807) is 0 Å². The van der Waals surface area contributed by atoms with E-state index in [0.717, 1.165) is 0 Å². The Hall–Kier alpha value is -1.77. The summed E-state index contributed by atoms with van der Waals surface area (Å²) in [6.07, 6.45) is -1.31. The van der Waals surface area contributed by atoms with Crippen molar-refractivity contribution in [3.05, 3.63) is 34.7 Å². The van der Waals surface area contributed by atoms with Crippen molar-refractivity contribution < 1.29 is 19.3 Å². The Kier molecular flexibility index (Phi) is 3.93. The van der Waals surface area contributed by atoms with Crippen molar-refractivity contribution in [2.24, 2.45) is 0 Å². The highest BCUT2D eigenvalue weighted by Gasteiger charge is 2.38. The first-order valence-electron chi connectivity index (χ1n) is 5.64. The number of halogens is 1. The lowest BCUT2D eigenvalue weighted by atomic mass is 10.1. The molecule has 0 spiro atoms. The van der Waals surface area contributed by atoms with Gasteiger partial charge in [-0.3, -0.25) is 4.57 Å². The molecule has 0 saturated carbocycles. The van der Waals surface area contributed by atoms with Crippen LogP contribution >= 0.6 is 0 Å². The number of aromatic nitrogens is 2. The Bertz CT molecular complexity index is 545. The molecule has 1 aliphatic heterocycles. The second-order valence-electron chi connectivity index (χ2n) is 4.19. The van der Waals surface area contributed by atoms with E-state index >= 15 is 0 Å². The number of nitrogens with two attached hydrogens (primary N) is 1. The van der Waals surface area contributed by atoms with Gasteiger partial charge in [0.2, 0.25) is 0 Å². The first-order valence-corrected chi connectivity index (χ1v) is 5.64. The summed E-state index contributed by atoms with van der Waals surface area (Å²) in [5.74, 6) is 0.0862. The molecule has 7 nitrogen and oxygen atoms in total. The molecule has 8 heteroatoms. The number of hydrogen-bond donors (Lipinski definition) is 3.